The molecule has 6 heteroatoms. The Hall–Kier alpha value is -1.95. The van der Waals surface area contributed by atoms with Gasteiger partial charge in [-0.3, -0.25) is 4.98 Å². The highest BCUT2D eigenvalue weighted by molar-refractivity contribution is 5.24. The highest BCUT2D eigenvalue weighted by Crippen LogP contribution is 2.10. The molecule has 0 bridgehead atoms. The first kappa shape index (κ1) is 14.5. The van der Waals surface area contributed by atoms with E-state index >= 15 is 0 Å². The summed E-state index contributed by atoms with van der Waals surface area (Å²) in [6.45, 7) is 9.42. The fourth-order valence-electron chi connectivity index (χ4n) is 1.60. The van der Waals surface area contributed by atoms with Gasteiger partial charge in [0.2, 0.25) is 5.89 Å². The molecular formula is C14H21N5O. The molecule has 0 atom stereocenters. The highest BCUT2D eigenvalue weighted by atomic mass is 16.4. The third kappa shape index (κ3) is 4.31. The van der Waals surface area contributed by atoms with Crippen molar-refractivity contribution in [1.82, 2.24) is 20.5 Å². The van der Waals surface area contributed by atoms with E-state index in [1.165, 1.54) is 0 Å². The van der Waals surface area contributed by atoms with Crippen LogP contribution in [0.2, 0.25) is 0 Å². The van der Waals surface area contributed by atoms with E-state index in [1.54, 1.807) is 6.20 Å². The van der Waals surface area contributed by atoms with E-state index in [2.05, 4.69) is 46.6 Å². The maximum Gasteiger partial charge on any atom is 0.315 e. The van der Waals surface area contributed by atoms with Gasteiger partial charge in [0.15, 0.2) is 0 Å². The van der Waals surface area contributed by atoms with Crippen LogP contribution >= 0.6 is 0 Å². The molecule has 2 N–H and O–H groups in total. The van der Waals surface area contributed by atoms with E-state index in [4.69, 9.17) is 4.42 Å². The second kappa shape index (κ2) is 6.00. The van der Waals surface area contributed by atoms with Gasteiger partial charge >= 0.3 is 6.01 Å². The van der Waals surface area contributed by atoms with Crippen LogP contribution in [0.4, 0.5) is 6.01 Å². The van der Waals surface area contributed by atoms with Gasteiger partial charge < -0.3 is 15.1 Å². The molecule has 6 nitrogen and oxygen atoms in total. The maximum atomic E-state index is 5.52. The SMILES string of the molecule is Cc1cccnc1CNc1nnc(CNC(C)(C)C)o1. The number of rotatable bonds is 5. The monoisotopic (exact) mass is 275 g/mol. The van der Waals surface area contributed by atoms with E-state index in [1.807, 2.05) is 19.1 Å². The van der Waals surface area contributed by atoms with Gasteiger partial charge in [-0.05, 0) is 39.3 Å². The fraction of sp³-hybridized carbons (Fsp3) is 0.500. The Bertz CT molecular complexity index is 559. The van der Waals surface area contributed by atoms with Crippen molar-refractivity contribution in [3.05, 3.63) is 35.5 Å². The Labute approximate surface area is 119 Å². The third-order valence-corrected chi connectivity index (χ3v) is 2.76. The molecule has 2 heterocycles. The number of pyridine rings is 1. The van der Waals surface area contributed by atoms with Gasteiger partial charge in [0.05, 0.1) is 18.8 Å². The van der Waals surface area contributed by atoms with E-state index in [9.17, 15) is 0 Å². The number of nitrogens with zero attached hydrogens (tertiary/aromatic N) is 3. The molecule has 2 aromatic heterocycles. The van der Waals surface area contributed by atoms with Crippen LogP contribution in [0.3, 0.4) is 0 Å². The van der Waals surface area contributed by atoms with Crippen molar-refractivity contribution in [3.8, 4) is 0 Å². The average Bonchev–Trinajstić information content (AvgIpc) is 2.83. The molecule has 108 valence electrons. The van der Waals surface area contributed by atoms with E-state index < -0.39 is 0 Å². The molecule has 2 aromatic rings. The quantitative estimate of drug-likeness (QED) is 0.872. The lowest BCUT2D eigenvalue weighted by molar-refractivity contribution is 0.383. The first-order valence-electron chi connectivity index (χ1n) is 6.66. The Morgan fingerprint density at radius 2 is 2.00 bits per heavy atom. The second-order valence-corrected chi connectivity index (χ2v) is 5.73. The van der Waals surface area contributed by atoms with Crippen LogP contribution < -0.4 is 10.6 Å². The fourth-order valence-corrected chi connectivity index (χ4v) is 1.60. The molecule has 0 spiro atoms. The molecule has 0 radical (unpaired) electrons. The zero-order chi connectivity index (χ0) is 14.6. The van der Waals surface area contributed by atoms with Crippen molar-refractivity contribution < 1.29 is 4.42 Å². The van der Waals surface area contributed by atoms with Gasteiger partial charge in [-0.25, -0.2) is 0 Å². The van der Waals surface area contributed by atoms with Crippen LogP contribution in [-0.4, -0.2) is 20.7 Å². The van der Waals surface area contributed by atoms with Crippen molar-refractivity contribution in [2.75, 3.05) is 5.32 Å². The molecular weight excluding hydrogens is 254 g/mol. The van der Waals surface area contributed by atoms with Crippen molar-refractivity contribution in [3.63, 3.8) is 0 Å². The normalized spacial score (nSPS) is 11.6. The summed E-state index contributed by atoms with van der Waals surface area (Å²) in [5.74, 6) is 0.570. The molecule has 0 fully saturated rings. The number of anilines is 1. The van der Waals surface area contributed by atoms with Crippen LogP contribution in [0, 0.1) is 6.92 Å². The maximum absolute atomic E-state index is 5.52. The Morgan fingerprint density at radius 1 is 1.20 bits per heavy atom. The Kier molecular flexibility index (Phi) is 4.34. The summed E-state index contributed by atoms with van der Waals surface area (Å²) in [5.41, 5.74) is 2.13. The van der Waals surface area contributed by atoms with E-state index in [0.717, 1.165) is 11.3 Å². The first-order chi connectivity index (χ1) is 9.44. The minimum atomic E-state index is 0.0210. The molecule has 20 heavy (non-hydrogen) atoms. The predicted octanol–water partition coefficient (Wildman–Crippen LogP) is 2.27. The van der Waals surface area contributed by atoms with E-state index in [-0.39, 0.29) is 5.54 Å². The topological polar surface area (TPSA) is 75.9 Å². The van der Waals surface area contributed by atoms with Crippen LogP contribution in [-0.2, 0) is 13.1 Å². The molecule has 0 saturated carbocycles. The lowest BCUT2D eigenvalue weighted by atomic mass is 10.1. The van der Waals surface area contributed by atoms with Gasteiger partial charge in [0.25, 0.3) is 0 Å². The van der Waals surface area contributed by atoms with Gasteiger partial charge in [0.1, 0.15) is 0 Å². The standard InChI is InChI=1S/C14H21N5O/c1-10-6-5-7-15-11(10)8-16-13-19-18-12(20-13)9-17-14(2,3)4/h5-7,17H,8-9H2,1-4H3,(H,16,19). The van der Waals surface area contributed by atoms with Crippen molar-refractivity contribution in [2.45, 2.75) is 46.3 Å². The van der Waals surface area contributed by atoms with Gasteiger partial charge in [-0.15, -0.1) is 5.10 Å². The summed E-state index contributed by atoms with van der Waals surface area (Å²) in [5, 5.41) is 14.3. The number of aromatic nitrogens is 3. The first-order valence-corrected chi connectivity index (χ1v) is 6.66. The summed E-state index contributed by atoms with van der Waals surface area (Å²) < 4.78 is 5.52. The van der Waals surface area contributed by atoms with Gasteiger partial charge in [0, 0.05) is 11.7 Å². The molecule has 2 rings (SSSR count). The Balaban J connectivity index is 1.89. The summed E-state index contributed by atoms with van der Waals surface area (Å²) >= 11 is 0. The summed E-state index contributed by atoms with van der Waals surface area (Å²) in [7, 11) is 0. The van der Waals surface area contributed by atoms with Crippen LogP contribution in [0.5, 0.6) is 0 Å². The lowest BCUT2D eigenvalue weighted by Gasteiger charge is -2.18. The zero-order valence-electron chi connectivity index (χ0n) is 12.4. The molecule has 0 unspecified atom stereocenters. The van der Waals surface area contributed by atoms with Crippen molar-refractivity contribution in [2.24, 2.45) is 0 Å². The second-order valence-electron chi connectivity index (χ2n) is 5.73. The minimum absolute atomic E-state index is 0.0210. The van der Waals surface area contributed by atoms with Gasteiger partial charge in [-0.2, -0.15) is 0 Å². The summed E-state index contributed by atoms with van der Waals surface area (Å²) in [6, 6.07) is 4.36. The molecule has 0 aromatic carbocycles. The van der Waals surface area contributed by atoms with Crippen molar-refractivity contribution >= 4 is 6.01 Å². The summed E-state index contributed by atoms with van der Waals surface area (Å²) in [6.07, 6.45) is 1.77. The van der Waals surface area contributed by atoms with Crippen LogP contribution in [0.1, 0.15) is 37.9 Å². The zero-order valence-corrected chi connectivity index (χ0v) is 12.4. The number of nitrogens with one attached hydrogen (secondary N) is 2. The lowest BCUT2D eigenvalue weighted by Crippen LogP contribution is -2.35. The van der Waals surface area contributed by atoms with Crippen molar-refractivity contribution in [1.29, 1.82) is 0 Å². The average molecular weight is 275 g/mol. The summed E-state index contributed by atoms with van der Waals surface area (Å²) in [4.78, 5) is 4.30. The number of hydrogen-bond donors (Lipinski definition) is 2. The third-order valence-electron chi connectivity index (χ3n) is 2.76. The minimum Gasteiger partial charge on any atom is -0.407 e. The van der Waals surface area contributed by atoms with Crippen LogP contribution in [0.15, 0.2) is 22.7 Å². The highest BCUT2D eigenvalue weighted by Gasteiger charge is 2.12. The molecule has 0 aliphatic carbocycles. The largest absolute Gasteiger partial charge is 0.407 e. The number of aryl methyl sites for hydroxylation is 1. The molecule has 0 aliphatic heterocycles. The Morgan fingerprint density at radius 3 is 2.70 bits per heavy atom. The molecule has 0 amide bonds. The predicted molar refractivity (Wildman–Crippen MR) is 77.2 cm³/mol. The van der Waals surface area contributed by atoms with Crippen LogP contribution in [0.25, 0.3) is 0 Å². The number of hydrogen-bond acceptors (Lipinski definition) is 6. The van der Waals surface area contributed by atoms with E-state index in [0.29, 0.717) is 25.0 Å². The smallest absolute Gasteiger partial charge is 0.315 e. The molecule has 0 saturated heterocycles. The van der Waals surface area contributed by atoms with Gasteiger partial charge in [-0.1, -0.05) is 11.2 Å². The molecule has 0 aliphatic rings.